The van der Waals surface area contributed by atoms with Crippen LogP contribution in [0.3, 0.4) is 0 Å². The zero-order valence-electron chi connectivity index (χ0n) is 11.3. The molecule has 0 radical (unpaired) electrons. The molecule has 1 aromatic carbocycles. The van der Waals surface area contributed by atoms with E-state index >= 15 is 0 Å². The zero-order chi connectivity index (χ0) is 12.7. The highest BCUT2D eigenvalue weighted by molar-refractivity contribution is 7.99. The Hall–Kier alpha value is -0.930. The first-order valence-electron chi connectivity index (χ1n) is 6.53. The topological polar surface area (TPSA) is 8.17 Å². The highest BCUT2D eigenvalue weighted by atomic mass is 32.2. The summed E-state index contributed by atoms with van der Waals surface area (Å²) in [5.74, 6) is 1.93. The van der Waals surface area contributed by atoms with E-state index in [4.69, 9.17) is 0 Å². The van der Waals surface area contributed by atoms with Crippen molar-refractivity contribution < 1.29 is 0 Å². The lowest BCUT2D eigenvalue weighted by Gasteiger charge is -2.26. The fourth-order valence-corrected chi connectivity index (χ4v) is 4.35. The third-order valence-corrected chi connectivity index (χ3v) is 5.00. The first-order chi connectivity index (χ1) is 8.68. The maximum Gasteiger partial charge on any atom is 0.0792 e. The van der Waals surface area contributed by atoms with E-state index in [1.807, 2.05) is 11.8 Å². The number of likely N-dealkylation sites (N-methyl/N-ethyl adjacent to an activating group) is 1. The van der Waals surface area contributed by atoms with Gasteiger partial charge in [-0.1, -0.05) is 18.2 Å². The molecule has 96 valence electrons. The van der Waals surface area contributed by atoms with Gasteiger partial charge >= 0.3 is 0 Å². The molecule has 0 amide bonds. The van der Waals surface area contributed by atoms with Gasteiger partial charge < -0.3 is 9.47 Å². The van der Waals surface area contributed by atoms with Gasteiger partial charge in [0, 0.05) is 36.2 Å². The number of aryl methyl sites for hydroxylation is 1. The molecular weight excluding hydrogens is 240 g/mol. The van der Waals surface area contributed by atoms with Gasteiger partial charge in [-0.25, -0.2) is 0 Å². The van der Waals surface area contributed by atoms with E-state index in [0.29, 0.717) is 5.92 Å². The van der Waals surface area contributed by atoms with Crippen LogP contribution < -0.4 is 0 Å². The van der Waals surface area contributed by atoms with Gasteiger partial charge in [0.05, 0.1) is 5.03 Å². The number of benzene rings is 1. The molecule has 3 rings (SSSR count). The number of aromatic nitrogens is 1. The number of hydrogen-bond acceptors (Lipinski definition) is 2. The molecule has 1 unspecified atom stereocenters. The summed E-state index contributed by atoms with van der Waals surface area (Å²) in [6.45, 7) is 1.15. The fraction of sp³-hybridized carbons (Fsp3) is 0.467. The molecule has 1 aliphatic rings. The first-order valence-corrected chi connectivity index (χ1v) is 7.52. The Balaban J connectivity index is 2.18. The Morgan fingerprint density at radius 2 is 2.11 bits per heavy atom. The second-order valence-corrected chi connectivity index (χ2v) is 6.47. The SMILES string of the molecule is CN(C)CC1CCSc2c1c1ccccc1n2C. The third-order valence-electron chi connectivity index (χ3n) is 3.79. The van der Waals surface area contributed by atoms with Gasteiger partial charge in [0.15, 0.2) is 0 Å². The number of thioether (sulfide) groups is 1. The van der Waals surface area contributed by atoms with Crippen LogP contribution in [-0.4, -0.2) is 35.9 Å². The van der Waals surface area contributed by atoms with Crippen molar-refractivity contribution in [2.45, 2.75) is 17.4 Å². The van der Waals surface area contributed by atoms with E-state index in [2.05, 4.69) is 54.9 Å². The van der Waals surface area contributed by atoms with E-state index in [-0.39, 0.29) is 0 Å². The molecule has 0 saturated carbocycles. The Morgan fingerprint density at radius 1 is 1.33 bits per heavy atom. The van der Waals surface area contributed by atoms with E-state index in [0.717, 1.165) is 6.54 Å². The van der Waals surface area contributed by atoms with E-state index in [9.17, 15) is 0 Å². The lowest BCUT2D eigenvalue weighted by atomic mass is 9.95. The van der Waals surface area contributed by atoms with Crippen molar-refractivity contribution in [1.29, 1.82) is 0 Å². The Labute approximate surface area is 113 Å². The zero-order valence-corrected chi connectivity index (χ0v) is 12.1. The van der Waals surface area contributed by atoms with Crippen molar-refractivity contribution >= 4 is 22.7 Å². The summed E-state index contributed by atoms with van der Waals surface area (Å²) in [4.78, 5) is 2.31. The van der Waals surface area contributed by atoms with E-state index in [1.54, 1.807) is 5.56 Å². The van der Waals surface area contributed by atoms with Crippen LogP contribution in [0.15, 0.2) is 29.3 Å². The average molecular weight is 260 g/mol. The van der Waals surface area contributed by atoms with Crippen molar-refractivity contribution in [1.82, 2.24) is 9.47 Å². The van der Waals surface area contributed by atoms with Crippen molar-refractivity contribution in [3.8, 4) is 0 Å². The summed E-state index contributed by atoms with van der Waals surface area (Å²) in [5, 5.41) is 2.93. The quantitative estimate of drug-likeness (QED) is 0.818. The van der Waals surface area contributed by atoms with Crippen LogP contribution in [0.5, 0.6) is 0 Å². The van der Waals surface area contributed by atoms with Crippen molar-refractivity contribution in [3.63, 3.8) is 0 Å². The molecule has 2 heterocycles. The van der Waals surface area contributed by atoms with Crippen LogP contribution in [0.2, 0.25) is 0 Å². The lowest BCUT2D eigenvalue weighted by molar-refractivity contribution is 0.366. The minimum absolute atomic E-state index is 0.683. The van der Waals surface area contributed by atoms with Crippen molar-refractivity contribution in [2.24, 2.45) is 7.05 Å². The van der Waals surface area contributed by atoms with Crippen LogP contribution >= 0.6 is 11.8 Å². The largest absolute Gasteiger partial charge is 0.339 e. The van der Waals surface area contributed by atoms with Gasteiger partial charge in [-0.15, -0.1) is 11.8 Å². The Bertz CT molecular complexity index is 571. The number of hydrogen-bond donors (Lipinski definition) is 0. The minimum atomic E-state index is 0.683. The third kappa shape index (κ3) is 1.86. The Morgan fingerprint density at radius 3 is 2.89 bits per heavy atom. The van der Waals surface area contributed by atoms with Gasteiger partial charge in [-0.3, -0.25) is 0 Å². The molecule has 2 nitrogen and oxygen atoms in total. The molecule has 1 aromatic heterocycles. The molecule has 3 heteroatoms. The standard InChI is InChI=1S/C15H20N2S/c1-16(2)10-11-8-9-18-15-14(11)12-6-4-5-7-13(12)17(15)3/h4-7,11H,8-10H2,1-3H3. The second-order valence-electron chi connectivity index (χ2n) is 5.39. The van der Waals surface area contributed by atoms with E-state index < -0.39 is 0 Å². The molecule has 1 aliphatic heterocycles. The summed E-state index contributed by atoms with van der Waals surface area (Å²) in [5.41, 5.74) is 2.96. The number of para-hydroxylation sites is 1. The molecule has 1 atom stereocenters. The maximum absolute atomic E-state index is 2.37. The van der Waals surface area contributed by atoms with Gasteiger partial charge in [-0.2, -0.15) is 0 Å². The van der Waals surface area contributed by atoms with Crippen LogP contribution in [0.25, 0.3) is 10.9 Å². The van der Waals surface area contributed by atoms with E-state index in [1.165, 1.54) is 28.1 Å². The van der Waals surface area contributed by atoms with Gasteiger partial charge in [-0.05, 0) is 32.1 Å². The van der Waals surface area contributed by atoms with Gasteiger partial charge in [0.25, 0.3) is 0 Å². The summed E-state index contributed by atoms with van der Waals surface area (Å²) in [7, 11) is 6.55. The lowest BCUT2D eigenvalue weighted by Crippen LogP contribution is -2.22. The molecule has 2 aromatic rings. The van der Waals surface area contributed by atoms with Crippen LogP contribution in [0.4, 0.5) is 0 Å². The number of rotatable bonds is 2. The van der Waals surface area contributed by atoms with Crippen LogP contribution in [0.1, 0.15) is 17.9 Å². The monoisotopic (exact) mass is 260 g/mol. The van der Waals surface area contributed by atoms with Crippen LogP contribution in [0, 0.1) is 0 Å². The molecule has 0 aliphatic carbocycles. The maximum atomic E-state index is 2.37. The molecule has 0 fully saturated rings. The molecule has 0 saturated heterocycles. The van der Waals surface area contributed by atoms with Crippen molar-refractivity contribution in [3.05, 3.63) is 29.8 Å². The van der Waals surface area contributed by atoms with Crippen molar-refractivity contribution in [2.75, 3.05) is 26.4 Å². The summed E-state index contributed by atoms with van der Waals surface area (Å²) < 4.78 is 2.37. The molecule has 0 bridgehead atoms. The Kier molecular flexibility index (Phi) is 3.12. The molecule has 0 spiro atoms. The summed E-state index contributed by atoms with van der Waals surface area (Å²) >= 11 is 2.02. The highest BCUT2D eigenvalue weighted by Gasteiger charge is 2.27. The minimum Gasteiger partial charge on any atom is -0.339 e. The predicted molar refractivity (Wildman–Crippen MR) is 79.6 cm³/mol. The molecular formula is C15H20N2S. The van der Waals surface area contributed by atoms with Gasteiger partial charge in [0.2, 0.25) is 0 Å². The van der Waals surface area contributed by atoms with Gasteiger partial charge in [0.1, 0.15) is 0 Å². The normalized spacial score (nSPS) is 19.4. The average Bonchev–Trinajstić information content (AvgIpc) is 2.65. The molecule has 0 N–H and O–H groups in total. The molecule has 18 heavy (non-hydrogen) atoms. The first kappa shape index (κ1) is 12.1. The smallest absolute Gasteiger partial charge is 0.0792 e. The number of fused-ring (bicyclic) bond motifs is 3. The summed E-state index contributed by atoms with van der Waals surface area (Å²) in [6, 6.07) is 8.82. The number of nitrogens with zero attached hydrogens (tertiary/aromatic N) is 2. The summed E-state index contributed by atoms with van der Waals surface area (Å²) in [6.07, 6.45) is 1.30. The second kappa shape index (κ2) is 4.63. The predicted octanol–water partition coefficient (Wildman–Crippen LogP) is 3.32. The fourth-order valence-electron chi connectivity index (χ4n) is 3.03. The highest BCUT2D eigenvalue weighted by Crippen LogP contribution is 2.43. The van der Waals surface area contributed by atoms with Crippen LogP contribution in [-0.2, 0) is 7.05 Å².